The number of carbonyl (C=O) groups is 1. The Bertz CT molecular complexity index is 248. The molecule has 1 saturated heterocycles. The highest BCUT2D eigenvalue weighted by Crippen LogP contribution is 2.20. The molecule has 0 aliphatic carbocycles. The Hall–Kier alpha value is -0.830. The van der Waals surface area contributed by atoms with E-state index in [4.69, 9.17) is 4.74 Å². The summed E-state index contributed by atoms with van der Waals surface area (Å²) >= 11 is 0. The molecular formula is C12H21NO2+. The molecule has 0 spiro atoms. The zero-order chi connectivity index (χ0) is 11.3. The second-order valence-corrected chi connectivity index (χ2v) is 4.34. The normalized spacial score (nSPS) is 26.2. The summed E-state index contributed by atoms with van der Waals surface area (Å²) in [6, 6.07) is 0. The number of ether oxygens (including phenoxy) is 1. The Morgan fingerprint density at radius 1 is 1.53 bits per heavy atom. The molecule has 0 N–H and O–H groups in total. The van der Waals surface area contributed by atoms with Gasteiger partial charge in [-0.25, -0.2) is 4.79 Å². The average molecular weight is 211 g/mol. The summed E-state index contributed by atoms with van der Waals surface area (Å²) < 4.78 is 5.90. The fraction of sp³-hybridized carbons (Fsp3) is 0.667. The van der Waals surface area contributed by atoms with Crippen LogP contribution >= 0.6 is 0 Å². The number of quaternary nitrogens is 1. The zero-order valence-electron chi connectivity index (χ0n) is 9.79. The fourth-order valence-electron chi connectivity index (χ4n) is 1.78. The first-order chi connectivity index (χ1) is 7.09. The van der Waals surface area contributed by atoms with Crippen LogP contribution in [0.4, 0.5) is 0 Å². The van der Waals surface area contributed by atoms with Crippen molar-refractivity contribution in [2.75, 3.05) is 33.3 Å². The number of carbonyl (C=O) groups excluding carboxylic acids is 1. The first kappa shape index (κ1) is 12.2. The third-order valence-corrected chi connectivity index (χ3v) is 3.09. The van der Waals surface area contributed by atoms with E-state index in [-0.39, 0.29) is 5.97 Å². The second kappa shape index (κ2) is 5.31. The number of nitrogens with zero attached hydrogens (tertiary/aromatic N) is 1. The molecule has 0 aromatic rings. The van der Waals surface area contributed by atoms with E-state index in [1.807, 2.05) is 6.92 Å². The lowest BCUT2D eigenvalue weighted by Gasteiger charge is -2.37. The van der Waals surface area contributed by atoms with Crippen molar-refractivity contribution >= 4 is 5.97 Å². The molecule has 0 bridgehead atoms. The predicted octanol–water partition coefficient (Wildman–Crippen LogP) is 1.55. The molecule has 0 amide bonds. The maximum absolute atomic E-state index is 11.2. The number of piperidine rings is 1. The monoisotopic (exact) mass is 211 g/mol. The molecule has 1 aliphatic heterocycles. The molecule has 1 rings (SSSR count). The molecule has 0 aromatic heterocycles. The van der Waals surface area contributed by atoms with Crippen molar-refractivity contribution < 1.29 is 14.0 Å². The smallest absolute Gasteiger partial charge is 0.330 e. The molecule has 0 atom stereocenters. The van der Waals surface area contributed by atoms with Crippen LogP contribution in [-0.4, -0.2) is 43.7 Å². The molecule has 0 aromatic carbocycles. The summed E-state index contributed by atoms with van der Waals surface area (Å²) in [5.74, 6) is -0.196. The highest BCUT2D eigenvalue weighted by atomic mass is 16.5. The van der Waals surface area contributed by atoms with Crippen molar-refractivity contribution in [3.8, 4) is 0 Å². The number of esters is 1. The number of rotatable bonds is 3. The van der Waals surface area contributed by atoms with Gasteiger partial charge in [0.1, 0.15) is 0 Å². The average Bonchev–Trinajstić information content (AvgIpc) is 2.22. The van der Waals surface area contributed by atoms with Crippen LogP contribution in [0.5, 0.6) is 0 Å². The van der Waals surface area contributed by atoms with Gasteiger partial charge in [-0.2, -0.15) is 0 Å². The molecule has 1 fully saturated rings. The van der Waals surface area contributed by atoms with E-state index < -0.39 is 0 Å². The molecule has 1 heterocycles. The van der Waals surface area contributed by atoms with Gasteiger partial charge in [0, 0.05) is 25.8 Å². The van der Waals surface area contributed by atoms with Crippen molar-refractivity contribution in [1.29, 1.82) is 0 Å². The molecule has 0 saturated carbocycles. The second-order valence-electron chi connectivity index (χ2n) is 4.34. The lowest BCUT2D eigenvalue weighted by molar-refractivity contribution is -0.907. The summed E-state index contributed by atoms with van der Waals surface area (Å²) in [6.07, 6.45) is 3.64. The van der Waals surface area contributed by atoms with Crippen LogP contribution in [0.2, 0.25) is 0 Å². The van der Waals surface area contributed by atoms with Crippen molar-refractivity contribution in [3.63, 3.8) is 0 Å². The summed E-state index contributed by atoms with van der Waals surface area (Å²) in [5.41, 5.74) is 1.22. The van der Waals surface area contributed by atoms with Gasteiger partial charge < -0.3 is 9.22 Å². The van der Waals surface area contributed by atoms with Crippen molar-refractivity contribution in [2.45, 2.75) is 19.8 Å². The summed E-state index contributed by atoms with van der Waals surface area (Å²) in [5, 5.41) is 0. The summed E-state index contributed by atoms with van der Waals surface area (Å²) in [6.45, 7) is 9.32. The van der Waals surface area contributed by atoms with Gasteiger partial charge in [0.05, 0.1) is 33.3 Å². The lowest BCUT2D eigenvalue weighted by Crippen LogP contribution is -2.48. The standard InChI is InChI=1S/C12H21NO2/c1-4-13(3)8-6-11(7-9-13)10-12(14)15-5-2/h10H,1,4-9H2,2-3H3/q+1. The predicted molar refractivity (Wildman–Crippen MR) is 60.1 cm³/mol. The van der Waals surface area contributed by atoms with E-state index >= 15 is 0 Å². The highest BCUT2D eigenvalue weighted by Gasteiger charge is 2.25. The Balaban J connectivity index is 2.46. The molecule has 3 nitrogen and oxygen atoms in total. The van der Waals surface area contributed by atoms with Gasteiger partial charge in [-0.05, 0) is 6.92 Å². The van der Waals surface area contributed by atoms with Crippen LogP contribution in [-0.2, 0) is 9.53 Å². The first-order valence-corrected chi connectivity index (χ1v) is 5.58. The van der Waals surface area contributed by atoms with Crippen LogP contribution in [0.15, 0.2) is 11.6 Å². The van der Waals surface area contributed by atoms with Gasteiger partial charge in [-0.1, -0.05) is 5.57 Å². The zero-order valence-corrected chi connectivity index (χ0v) is 9.79. The van der Waals surface area contributed by atoms with Gasteiger partial charge in [-0.15, -0.1) is 0 Å². The van der Waals surface area contributed by atoms with E-state index in [2.05, 4.69) is 14.0 Å². The number of hydrogen-bond donors (Lipinski definition) is 0. The summed E-state index contributed by atoms with van der Waals surface area (Å²) in [7, 11) is 2.22. The largest absolute Gasteiger partial charge is 0.463 e. The van der Waals surface area contributed by atoms with Gasteiger partial charge >= 0.3 is 5.97 Å². The van der Waals surface area contributed by atoms with E-state index in [0.717, 1.165) is 37.0 Å². The van der Waals surface area contributed by atoms with Gasteiger partial charge in [0.2, 0.25) is 0 Å². The molecule has 15 heavy (non-hydrogen) atoms. The topological polar surface area (TPSA) is 26.3 Å². The molecular weight excluding hydrogens is 190 g/mol. The molecule has 0 unspecified atom stereocenters. The third kappa shape index (κ3) is 3.67. The van der Waals surface area contributed by atoms with Crippen LogP contribution < -0.4 is 0 Å². The number of likely N-dealkylation sites (tertiary alicyclic amines) is 1. The van der Waals surface area contributed by atoms with E-state index in [1.165, 1.54) is 5.57 Å². The minimum atomic E-state index is -0.196. The third-order valence-electron chi connectivity index (χ3n) is 3.09. The van der Waals surface area contributed by atoms with Gasteiger partial charge in [0.25, 0.3) is 0 Å². The van der Waals surface area contributed by atoms with Crippen molar-refractivity contribution in [3.05, 3.63) is 18.6 Å². The van der Waals surface area contributed by atoms with Crippen molar-refractivity contribution in [2.24, 2.45) is 0 Å². The molecule has 3 heteroatoms. The quantitative estimate of drug-likeness (QED) is 0.402. The summed E-state index contributed by atoms with van der Waals surface area (Å²) in [4.78, 5) is 11.2. The minimum Gasteiger partial charge on any atom is -0.463 e. The maximum Gasteiger partial charge on any atom is 0.330 e. The van der Waals surface area contributed by atoms with Crippen LogP contribution in [0.3, 0.4) is 0 Å². The molecule has 1 radical (unpaired) electrons. The first-order valence-electron chi connectivity index (χ1n) is 5.58. The Labute approximate surface area is 92.3 Å². The van der Waals surface area contributed by atoms with E-state index in [1.54, 1.807) is 6.08 Å². The van der Waals surface area contributed by atoms with Crippen LogP contribution in [0, 0.1) is 6.92 Å². The van der Waals surface area contributed by atoms with Gasteiger partial charge in [0.15, 0.2) is 0 Å². The Kier molecular flexibility index (Phi) is 4.33. The van der Waals surface area contributed by atoms with Crippen LogP contribution in [0.25, 0.3) is 0 Å². The number of hydrogen-bond acceptors (Lipinski definition) is 2. The van der Waals surface area contributed by atoms with E-state index in [0.29, 0.717) is 6.61 Å². The molecule has 85 valence electrons. The highest BCUT2D eigenvalue weighted by molar-refractivity contribution is 5.82. The minimum absolute atomic E-state index is 0.196. The van der Waals surface area contributed by atoms with Crippen LogP contribution in [0.1, 0.15) is 19.8 Å². The van der Waals surface area contributed by atoms with Gasteiger partial charge in [-0.3, -0.25) is 0 Å². The fourth-order valence-corrected chi connectivity index (χ4v) is 1.78. The molecule has 1 aliphatic rings. The van der Waals surface area contributed by atoms with Crippen molar-refractivity contribution in [1.82, 2.24) is 0 Å². The Morgan fingerprint density at radius 3 is 2.60 bits per heavy atom. The lowest BCUT2D eigenvalue weighted by atomic mass is 10.0. The Morgan fingerprint density at radius 2 is 2.13 bits per heavy atom. The SMILES string of the molecule is [CH2]C[N+]1(C)CCC(=CC(=O)OCC)CC1. The van der Waals surface area contributed by atoms with E-state index in [9.17, 15) is 4.79 Å². The maximum atomic E-state index is 11.2.